The summed E-state index contributed by atoms with van der Waals surface area (Å²) in [7, 11) is 4.06. The Bertz CT molecular complexity index is 367. The highest BCUT2D eigenvalue weighted by molar-refractivity contribution is 6.31. The lowest BCUT2D eigenvalue weighted by Gasteiger charge is -2.16. The van der Waals surface area contributed by atoms with E-state index in [1.165, 1.54) is 0 Å². The van der Waals surface area contributed by atoms with Crippen LogP contribution in [0.3, 0.4) is 0 Å². The summed E-state index contributed by atoms with van der Waals surface area (Å²) in [4.78, 5) is 2.09. The van der Waals surface area contributed by atoms with Crippen LogP contribution in [0.25, 0.3) is 0 Å². The molecule has 0 heterocycles. The van der Waals surface area contributed by atoms with Crippen LogP contribution in [0.15, 0.2) is 18.2 Å². The van der Waals surface area contributed by atoms with Crippen molar-refractivity contribution in [3.63, 3.8) is 0 Å². The summed E-state index contributed by atoms with van der Waals surface area (Å²) in [6, 6.07) is 6.22. The molecule has 1 N–H and O–H groups in total. The molecule has 0 saturated carbocycles. The van der Waals surface area contributed by atoms with E-state index in [1.807, 2.05) is 32.3 Å². The van der Waals surface area contributed by atoms with E-state index >= 15 is 0 Å². The average molecular weight is 271 g/mol. The highest BCUT2D eigenvalue weighted by atomic mass is 35.5. The SMILES string of the molecule is CC(C)NCc1c(Cl)cccc1OCCN(C)C. The topological polar surface area (TPSA) is 24.5 Å². The summed E-state index contributed by atoms with van der Waals surface area (Å²) in [5.74, 6) is 0.873. The molecule has 0 saturated heterocycles. The molecule has 0 aromatic heterocycles. The molecule has 18 heavy (non-hydrogen) atoms. The molecule has 0 aliphatic heterocycles. The number of likely N-dealkylation sites (N-methyl/N-ethyl adjacent to an activating group) is 1. The summed E-state index contributed by atoms with van der Waals surface area (Å²) in [5, 5.41) is 4.12. The molecule has 0 fully saturated rings. The van der Waals surface area contributed by atoms with Crippen molar-refractivity contribution in [2.24, 2.45) is 0 Å². The van der Waals surface area contributed by atoms with Crippen LogP contribution in [0.2, 0.25) is 5.02 Å². The molecule has 0 aliphatic carbocycles. The van der Waals surface area contributed by atoms with Crippen LogP contribution in [0, 0.1) is 0 Å². The highest BCUT2D eigenvalue weighted by Crippen LogP contribution is 2.26. The van der Waals surface area contributed by atoms with Gasteiger partial charge in [-0.1, -0.05) is 31.5 Å². The first-order valence-electron chi connectivity index (χ1n) is 6.29. The van der Waals surface area contributed by atoms with Crippen LogP contribution in [0.5, 0.6) is 5.75 Å². The van der Waals surface area contributed by atoms with E-state index in [1.54, 1.807) is 0 Å². The lowest BCUT2D eigenvalue weighted by atomic mass is 10.2. The molecule has 0 radical (unpaired) electrons. The number of rotatable bonds is 7. The minimum Gasteiger partial charge on any atom is -0.492 e. The molecule has 0 amide bonds. The monoisotopic (exact) mass is 270 g/mol. The Morgan fingerprint density at radius 1 is 1.33 bits per heavy atom. The molecule has 3 nitrogen and oxygen atoms in total. The first kappa shape index (κ1) is 15.3. The van der Waals surface area contributed by atoms with Gasteiger partial charge in [0.15, 0.2) is 0 Å². The van der Waals surface area contributed by atoms with E-state index in [2.05, 4.69) is 24.1 Å². The average Bonchev–Trinajstić information content (AvgIpc) is 2.27. The Hall–Kier alpha value is -0.770. The lowest BCUT2D eigenvalue weighted by molar-refractivity contribution is 0.259. The molecule has 0 aliphatic rings. The third-order valence-corrected chi connectivity index (χ3v) is 2.91. The number of halogens is 1. The van der Waals surface area contributed by atoms with Crippen molar-refractivity contribution in [2.75, 3.05) is 27.2 Å². The lowest BCUT2D eigenvalue weighted by Crippen LogP contribution is -2.23. The zero-order chi connectivity index (χ0) is 13.5. The quantitative estimate of drug-likeness (QED) is 0.825. The largest absolute Gasteiger partial charge is 0.492 e. The highest BCUT2D eigenvalue weighted by Gasteiger charge is 2.08. The van der Waals surface area contributed by atoms with Gasteiger partial charge >= 0.3 is 0 Å². The maximum atomic E-state index is 6.22. The molecule has 1 aromatic carbocycles. The summed E-state index contributed by atoms with van der Waals surface area (Å²) in [5.41, 5.74) is 1.03. The zero-order valence-corrected chi connectivity index (χ0v) is 12.4. The maximum Gasteiger partial charge on any atom is 0.125 e. The van der Waals surface area contributed by atoms with Gasteiger partial charge < -0.3 is 15.0 Å². The van der Waals surface area contributed by atoms with Gasteiger partial charge in [0.2, 0.25) is 0 Å². The first-order chi connectivity index (χ1) is 8.50. The van der Waals surface area contributed by atoms with Crippen LogP contribution in [0.1, 0.15) is 19.4 Å². The van der Waals surface area contributed by atoms with Crippen LogP contribution in [-0.4, -0.2) is 38.2 Å². The second kappa shape index (κ2) is 7.62. The van der Waals surface area contributed by atoms with Gasteiger partial charge in [-0.25, -0.2) is 0 Å². The smallest absolute Gasteiger partial charge is 0.125 e. The Morgan fingerprint density at radius 2 is 2.06 bits per heavy atom. The van der Waals surface area contributed by atoms with Crippen LogP contribution in [0.4, 0.5) is 0 Å². The molecular formula is C14H23ClN2O. The number of nitrogens with zero attached hydrogens (tertiary/aromatic N) is 1. The van der Waals surface area contributed by atoms with E-state index in [9.17, 15) is 0 Å². The summed E-state index contributed by atoms with van der Waals surface area (Å²) >= 11 is 6.22. The second-order valence-corrected chi connectivity index (χ2v) is 5.31. The maximum absolute atomic E-state index is 6.22. The van der Waals surface area contributed by atoms with Gasteiger partial charge in [-0.2, -0.15) is 0 Å². The van der Waals surface area contributed by atoms with Gasteiger partial charge in [0.1, 0.15) is 12.4 Å². The Balaban J connectivity index is 2.67. The summed E-state index contributed by atoms with van der Waals surface area (Å²) in [6.07, 6.45) is 0. The molecule has 0 bridgehead atoms. The van der Waals surface area contributed by atoms with E-state index in [-0.39, 0.29) is 0 Å². The van der Waals surface area contributed by atoms with Gasteiger partial charge in [-0.3, -0.25) is 0 Å². The van der Waals surface area contributed by atoms with Crippen molar-refractivity contribution in [2.45, 2.75) is 26.4 Å². The third-order valence-electron chi connectivity index (χ3n) is 2.56. The van der Waals surface area contributed by atoms with Gasteiger partial charge in [-0.05, 0) is 26.2 Å². The van der Waals surface area contributed by atoms with Crippen molar-refractivity contribution in [1.82, 2.24) is 10.2 Å². The van der Waals surface area contributed by atoms with E-state index < -0.39 is 0 Å². The fraction of sp³-hybridized carbons (Fsp3) is 0.571. The zero-order valence-electron chi connectivity index (χ0n) is 11.7. The van der Waals surface area contributed by atoms with E-state index in [0.29, 0.717) is 12.6 Å². The molecule has 4 heteroatoms. The van der Waals surface area contributed by atoms with Crippen LogP contribution in [-0.2, 0) is 6.54 Å². The van der Waals surface area contributed by atoms with E-state index in [4.69, 9.17) is 16.3 Å². The number of nitrogens with one attached hydrogen (secondary N) is 1. The minimum atomic E-state index is 0.427. The van der Waals surface area contributed by atoms with Crippen molar-refractivity contribution in [3.8, 4) is 5.75 Å². The third kappa shape index (κ3) is 5.25. The van der Waals surface area contributed by atoms with Crippen LogP contribution < -0.4 is 10.1 Å². The number of hydrogen-bond acceptors (Lipinski definition) is 3. The van der Waals surface area contributed by atoms with Gasteiger partial charge in [0.25, 0.3) is 0 Å². The predicted molar refractivity (Wildman–Crippen MR) is 77.5 cm³/mol. The summed E-state index contributed by atoms with van der Waals surface area (Å²) in [6.45, 7) is 6.52. The molecular weight excluding hydrogens is 248 g/mol. The molecule has 0 atom stereocenters. The van der Waals surface area contributed by atoms with Gasteiger partial charge in [-0.15, -0.1) is 0 Å². The second-order valence-electron chi connectivity index (χ2n) is 4.90. The van der Waals surface area contributed by atoms with Crippen molar-refractivity contribution in [3.05, 3.63) is 28.8 Å². The number of hydrogen-bond donors (Lipinski definition) is 1. The molecule has 0 spiro atoms. The molecule has 1 aromatic rings. The van der Waals surface area contributed by atoms with Gasteiger partial charge in [0.05, 0.1) is 0 Å². The fourth-order valence-corrected chi connectivity index (χ4v) is 1.72. The Morgan fingerprint density at radius 3 is 2.67 bits per heavy atom. The predicted octanol–water partition coefficient (Wildman–Crippen LogP) is 2.78. The van der Waals surface area contributed by atoms with Crippen LogP contribution >= 0.6 is 11.6 Å². The standard InChI is InChI=1S/C14H23ClN2O/c1-11(2)16-10-12-13(15)6-5-7-14(12)18-9-8-17(3)4/h5-7,11,16H,8-10H2,1-4H3. The molecule has 1 rings (SSSR count). The normalized spacial score (nSPS) is 11.3. The molecule has 102 valence electrons. The van der Waals surface area contributed by atoms with Crippen molar-refractivity contribution in [1.29, 1.82) is 0 Å². The number of ether oxygens (including phenoxy) is 1. The van der Waals surface area contributed by atoms with Crippen molar-refractivity contribution >= 4 is 11.6 Å². The fourth-order valence-electron chi connectivity index (χ4n) is 1.49. The van der Waals surface area contributed by atoms with Crippen molar-refractivity contribution < 1.29 is 4.74 Å². The van der Waals surface area contributed by atoms with Gasteiger partial charge in [0, 0.05) is 29.7 Å². The Kier molecular flexibility index (Phi) is 6.47. The number of benzene rings is 1. The first-order valence-corrected chi connectivity index (χ1v) is 6.66. The molecule has 0 unspecified atom stereocenters. The Labute approximate surface area is 115 Å². The van der Waals surface area contributed by atoms with E-state index in [0.717, 1.165) is 29.4 Å². The minimum absolute atomic E-state index is 0.427. The summed E-state index contributed by atoms with van der Waals surface area (Å²) < 4.78 is 5.79.